The van der Waals surface area contributed by atoms with Crippen LogP contribution in [-0.4, -0.2) is 16.1 Å². The zero-order chi connectivity index (χ0) is 13.8. The summed E-state index contributed by atoms with van der Waals surface area (Å²) in [6.45, 7) is 4.12. The Morgan fingerprint density at radius 2 is 2.05 bits per heavy atom. The molecule has 0 fully saturated rings. The van der Waals surface area contributed by atoms with Crippen molar-refractivity contribution >= 4 is 5.97 Å². The molecule has 0 atom stereocenters. The fourth-order valence-corrected chi connectivity index (χ4v) is 1.72. The van der Waals surface area contributed by atoms with E-state index < -0.39 is 5.97 Å². The second-order valence-electron chi connectivity index (χ2n) is 4.34. The largest absolute Gasteiger partial charge is 0.487 e. The van der Waals surface area contributed by atoms with Gasteiger partial charge in [0.1, 0.15) is 12.4 Å². The summed E-state index contributed by atoms with van der Waals surface area (Å²) in [4.78, 5) is 15.2. The van der Waals surface area contributed by atoms with E-state index in [2.05, 4.69) is 4.98 Å². The molecule has 0 aliphatic carbocycles. The molecule has 98 valence electrons. The average Bonchev–Trinajstić information content (AvgIpc) is 2.37. The Balaban J connectivity index is 2.15. The lowest BCUT2D eigenvalue weighted by Crippen LogP contribution is -2.02. The predicted octanol–water partition coefficient (Wildman–Crippen LogP) is 2.98. The van der Waals surface area contributed by atoms with E-state index in [1.165, 1.54) is 6.07 Å². The molecule has 4 heteroatoms. The average molecular weight is 257 g/mol. The van der Waals surface area contributed by atoms with Gasteiger partial charge in [0.25, 0.3) is 0 Å². The third-order valence-electron chi connectivity index (χ3n) is 2.76. The van der Waals surface area contributed by atoms with Gasteiger partial charge in [-0.3, -0.25) is 4.98 Å². The van der Waals surface area contributed by atoms with Crippen molar-refractivity contribution < 1.29 is 14.6 Å². The minimum Gasteiger partial charge on any atom is -0.487 e. The Bertz CT molecular complexity index is 608. The maximum absolute atomic E-state index is 10.9. The SMILES string of the molecule is Cc1cccc(COc2cc(C(=O)O)ccc2C)n1. The molecule has 0 bridgehead atoms. The number of carbonyl (C=O) groups is 1. The summed E-state index contributed by atoms with van der Waals surface area (Å²) in [7, 11) is 0. The molecule has 19 heavy (non-hydrogen) atoms. The Kier molecular flexibility index (Phi) is 3.80. The standard InChI is InChI=1S/C15H15NO3/c1-10-6-7-12(15(17)18)8-14(10)19-9-13-5-3-4-11(2)16-13/h3-8H,9H2,1-2H3,(H,17,18). The van der Waals surface area contributed by atoms with Crippen molar-refractivity contribution in [3.63, 3.8) is 0 Å². The van der Waals surface area contributed by atoms with E-state index in [4.69, 9.17) is 9.84 Å². The van der Waals surface area contributed by atoms with Crippen molar-refractivity contribution in [2.24, 2.45) is 0 Å². The number of aryl methyl sites for hydroxylation is 2. The molecular weight excluding hydrogens is 242 g/mol. The molecule has 0 radical (unpaired) electrons. The van der Waals surface area contributed by atoms with Crippen LogP contribution in [0.2, 0.25) is 0 Å². The summed E-state index contributed by atoms with van der Waals surface area (Å²) in [5.74, 6) is -0.387. The number of hydrogen-bond donors (Lipinski definition) is 1. The number of pyridine rings is 1. The van der Waals surface area contributed by atoms with Crippen LogP contribution in [0.4, 0.5) is 0 Å². The number of rotatable bonds is 4. The zero-order valence-electron chi connectivity index (χ0n) is 10.9. The molecule has 0 spiro atoms. The summed E-state index contributed by atoms with van der Waals surface area (Å²) in [6.07, 6.45) is 0. The van der Waals surface area contributed by atoms with Gasteiger partial charge in [0.2, 0.25) is 0 Å². The van der Waals surface area contributed by atoms with Crippen LogP contribution in [0.25, 0.3) is 0 Å². The van der Waals surface area contributed by atoms with Crippen LogP contribution in [0.15, 0.2) is 36.4 Å². The molecule has 2 aromatic rings. The van der Waals surface area contributed by atoms with Crippen LogP contribution in [0, 0.1) is 13.8 Å². The molecule has 1 heterocycles. The van der Waals surface area contributed by atoms with Gasteiger partial charge in [-0.1, -0.05) is 12.1 Å². The summed E-state index contributed by atoms with van der Waals surface area (Å²) >= 11 is 0. The highest BCUT2D eigenvalue weighted by Gasteiger charge is 2.07. The molecule has 0 amide bonds. The number of hydrogen-bond acceptors (Lipinski definition) is 3. The molecule has 2 rings (SSSR count). The van der Waals surface area contributed by atoms with E-state index >= 15 is 0 Å². The number of aromatic carboxylic acids is 1. The lowest BCUT2D eigenvalue weighted by Gasteiger charge is -2.09. The van der Waals surface area contributed by atoms with Crippen LogP contribution in [-0.2, 0) is 6.61 Å². The zero-order valence-corrected chi connectivity index (χ0v) is 10.9. The van der Waals surface area contributed by atoms with Gasteiger partial charge in [0.15, 0.2) is 0 Å². The quantitative estimate of drug-likeness (QED) is 0.914. The van der Waals surface area contributed by atoms with E-state index in [0.717, 1.165) is 17.0 Å². The van der Waals surface area contributed by atoms with E-state index in [1.807, 2.05) is 32.0 Å². The first kappa shape index (κ1) is 13.1. The lowest BCUT2D eigenvalue weighted by molar-refractivity contribution is 0.0696. The summed E-state index contributed by atoms with van der Waals surface area (Å²) in [6, 6.07) is 10.6. The fraction of sp³-hybridized carbons (Fsp3) is 0.200. The van der Waals surface area contributed by atoms with E-state index in [1.54, 1.807) is 12.1 Å². The Hall–Kier alpha value is -2.36. The monoisotopic (exact) mass is 257 g/mol. The van der Waals surface area contributed by atoms with Gasteiger partial charge in [-0.05, 0) is 43.7 Å². The summed E-state index contributed by atoms with van der Waals surface area (Å²) in [5.41, 5.74) is 2.87. The van der Waals surface area contributed by atoms with Gasteiger partial charge in [-0.15, -0.1) is 0 Å². The molecule has 0 saturated heterocycles. The van der Waals surface area contributed by atoms with Crippen LogP contribution in [0.5, 0.6) is 5.75 Å². The van der Waals surface area contributed by atoms with E-state index in [0.29, 0.717) is 12.4 Å². The first-order valence-electron chi connectivity index (χ1n) is 5.95. The second kappa shape index (κ2) is 5.52. The highest BCUT2D eigenvalue weighted by molar-refractivity contribution is 5.88. The van der Waals surface area contributed by atoms with Gasteiger partial charge in [0.05, 0.1) is 11.3 Å². The molecule has 0 saturated carbocycles. The first-order chi connectivity index (χ1) is 9.06. The maximum Gasteiger partial charge on any atom is 0.335 e. The van der Waals surface area contributed by atoms with Crippen molar-refractivity contribution in [2.75, 3.05) is 0 Å². The Morgan fingerprint density at radius 1 is 1.26 bits per heavy atom. The minimum absolute atomic E-state index is 0.220. The Labute approximate surface area is 111 Å². The van der Waals surface area contributed by atoms with Crippen molar-refractivity contribution in [3.8, 4) is 5.75 Å². The number of nitrogens with zero attached hydrogens (tertiary/aromatic N) is 1. The summed E-state index contributed by atoms with van der Waals surface area (Å²) < 4.78 is 5.64. The number of ether oxygens (including phenoxy) is 1. The van der Waals surface area contributed by atoms with Gasteiger partial charge in [0, 0.05) is 5.69 Å². The van der Waals surface area contributed by atoms with Crippen LogP contribution >= 0.6 is 0 Å². The minimum atomic E-state index is -0.960. The number of carboxylic acid groups (broad SMARTS) is 1. The lowest BCUT2D eigenvalue weighted by atomic mass is 10.1. The third kappa shape index (κ3) is 3.31. The van der Waals surface area contributed by atoms with E-state index in [9.17, 15) is 4.79 Å². The molecule has 1 N–H and O–H groups in total. The highest BCUT2D eigenvalue weighted by atomic mass is 16.5. The van der Waals surface area contributed by atoms with Gasteiger partial charge in [-0.25, -0.2) is 4.79 Å². The van der Waals surface area contributed by atoms with Crippen molar-refractivity contribution in [2.45, 2.75) is 20.5 Å². The maximum atomic E-state index is 10.9. The normalized spacial score (nSPS) is 10.2. The van der Waals surface area contributed by atoms with Crippen LogP contribution < -0.4 is 4.74 Å². The molecule has 1 aromatic heterocycles. The number of aromatic nitrogens is 1. The number of benzene rings is 1. The molecule has 0 aliphatic heterocycles. The van der Waals surface area contributed by atoms with Crippen LogP contribution in [0.3, 0.4) is 0 Å². The van der Waals surface area contributed by atoms with Gasteiger partial charge in [-0.2, -0.15) is 0 Å². The fourth-order valence-electron chi connectivity index (χ4n) is 1.72. The van der Waals surface area contributed by atoms with Crippen molar-refractivity contribution in [1.29, 1.82) is 0 Å². The second-order valence-corrected chi connectivity index (χ2v) is 4.34. The Morgan fingerprint density at radius 3 is 2.74 bits per heavy atom. The predicted molar refractivity (Wildman–Crippen MR) is 71.4 cm³/mol. The van der Waals surface area contributed by atoms with Crippen molar-refractivity contribution in [1.82, 2.24) is 4.98 Å². The molecule has 4 nitrogen and oxygen atoms in total. The topological polar surface area (TPSA) is 59.4 Å². The molecule has 0 unspecified atom stereocenters. The third-order valence-corrected chi connectivity index (χ3v) is 2.76. The molecular formula is C15H15NO3. The smallest absolute Gasteiger partial charge is 0.335 e. The van der Waals surface area contributed by atoms with Gasteiger partial charge >= 0.3 is 5.97 Å². The highest BCUT2D eigenvalue weighted by Crippen LogP contribution is 2.20. The van der Waals surface area contributed by atoms with Crippen LogP contribution in [0.1, 0.15) is 27.3 Å². The molecule has 1 aromatic carbocycles. The molecule has 0 aliphatic rings. The summed E-state index contributed by atoms with van der Waals surface area (Å²) in [5, 5.41) is 8.95. The number of carboxylic acids is 1. The first-order valence-corrected chi connectivity index (χ1v) is 5.95. The van der Waals surface area contributed by atoms with Crippen molar-refractivity contribution in [3.05, 3.63) is 58.9 Å². The van der Waals surface area contributed by atoms with E-state index in [-0.39, 0.29) is 5.56 Å². The van der Waals surface area contributed by atoms with Gasteiger partial charge < -0.3 is 9.84 Å².